The maximum Gasteiger partial charge on any atom is 0.252 e. The van der Waals surface area contributed by atoms with Crippen LogP contribution in [0.2, 0.25) is 15.3 Å². The molecule has 0 fully saturated rings. The van der Waals surface area contributed by atoms with Gasteiger partial charge in [-0.1, -0.05) is 23.2 Å². The van der Waals surface area contributed by atoms with Gasteiger partial charge in [-0.3, -0.25) is 4.79 Å². The van der Waals surface area contributed by atoms with Gasteiger partial charge in [0, 0.05) is 18.1 Å². The van der Waals surface area contributed by atoms with Crippen LogP contribution in [-0.2, 0) is 0 Å². The van der Waals surface area contributed by atoms with Gasteiger partial charge in [-0.25, -0.2) is 4.98 Å². The number of halogens is 3. The zero-order valence-corrected chi connectivity index (χ0v) is 16.6. The summed E-state index contributed by atoms with van der Waals surface area (Å²) in [6.45, 7) is 1.27. The summed E-state index contributed by atoms with van der Waals surface area (Å²) in [7, 11) is 0. The van der Waals surface area contributed by atoms with Crippen molar-refractivity contribution in [3.8, 4) is 0 Å². The second-order valence-corrected chi connectivity index (χ2v) is 7.59. The predicted octanol–water partition coefficient (Wildman–Crippen LogP) is 5.27. The van der Waals surface area contributed by atoms with Crippen LogP contribution >= 0.6 is 46.1 Å². The van der Waals surface area contributed by atoms with E-state index < -0.39 is 0 Å². The van der Waals surface area contributed by atoms with Gasteiger partial charge >= 0.3 is 0 Å². The zero-order chi connectivity index (χ0) is 18.5. The SMILES string of the molecule is O=C(NCCCCNc1nc(Cl)nc2ccsc12)c1ccc(Cl)cc1Cl. The molecule has 0 atom stereocenters. The Morgan fingerprint density at radius 3 is 2.69 bits per heavy atom. The highest BCUT2D eigenvalue weighted by atomic mass is 35.5. The molecule has 0 aliphatic heterocycles. The number of nitrogens with zero attached hydrogens (tertiary/aromatic N) is 2. The Labute approximate surface area is 169 Å². The molecule has 3 rings (SSSR count). The average Bonchev–Trinajstić information content (AvgIpc) is 3.05. The summed E-state index contributed by atoms with van der Waals surface area (Å²) in [5.41, 5.74) is 1.26. The van der Waals surface area contributed by atoms with E-state index >= 15 is 0 Å². The molecule has 26 heavy (non-hydrogen) atoms. The Balaban J connectivity index is 1.43. The summed E-state index contributed by atoms with van der Waals surface area (Å²) < 4.78 is 0.986. The van der Waals surface area contributed by atoms with Crippen LogP contribution in [0.15, 0.2) is 29.6 Å². The number of carbonyl (C=O) groups excluding carboxylic acids is 1. The minimum atomic E-state index is -0.206. The quantitative estimate of drug-likeness (QED) is 0.396. The van der Waals surface area contributed by atoms with E-state index in [1.807, 2.05) is 11.4 Å². The maximum atomic E-state index is 12.1. The molecule has 5 nitrogen and oxygen atoms in total. The minimum Gasteiger partial charge on any atom is -0.369 e. The van der Waals surface area contributed by atoms with Gasteiger partial charge in [0.2, 0.25) is 5.28 Å². The van der Waals surface area contributed by atoms with E-state index in [2.05, 4.69) is 20.6 Å². The minimum absolute atomic E-state index is 0.206. The first-order valence-corrected chi connectivity index (χ1v) is 9.94. The molecule has 2 aromatic heterocycles. The molecular weight excluding hydrogens is 415 g/mol. The number of rotatable bonds is 7. The molecular formula is C17H15Cl3N4OS. The van der Waals surface area contributed by atoms with Crippen molar-refractivity contribution in [2.45, 2.75) is 12.8 Å². The Morgan fingerprint density at radius 2 is 1.88 bits per heavy atom. The van der Waals surface area contributed by atoms with Crippen molar-refractivity contribution in [1.82, 2.24) is 15.3 Å². The van der Waals surface area contributed by atoms with Crippen LogP contribution in [0, 0.1) is 0 Å². The molecule has 0 aliphatic rings. The molecule has 3 aromatic rings. The Bertz CT molecular complexity index is 932. The van der Waals surface area contributed by atoms with Gasteiger partial charge in [0.05, 0.1) is 20.8 Å². The zero-order valence-electron chi connectivity index (χ0n) is 13.6. The van der Waals surface area contributed by atoms with Gasteiger partial charge in [-0.15, -0.1) is 11.3 Å². The summed E-state index contributed by atoms with van der Waals surface area (Å²) in [5.74, 6) is 0.537. The van der Waals surface area contributed by atoms with E-state index in [9.17, 15) is 4.79 Å². The first-order chi connectivity index (χ1) is 12.5. The molecule has 0 unspecified atom stereocenters. The van der Waals surface area contributed by atoms with Gasteiger partial charge in [-0.05, 0) is 54.1 Å². The van der Waals surface area contributed by atoms with Crippen LogP contribution in [-0.4, -0.2) is 29.0 Å². The van der Waals surface area contributed by atoms with Gasteiger partial charge < -0.3 is 10.6 Å². The average molecular weight is 430 g/mol. The normalized spacial score (nSPS) is 10.9. The molecule has 9 heteroatoms. The molecule has 0 saturated carbocycles. The number of unbranched alkanes of at least 4 members (excludes halogenated alkanes) is 1. The number of hydrogen-bond donors (Lipinski definition) is 2. The number of benzene rings is 1. The summed E-state index contributed by atoms with van der Waals surface area (Å²) in [6, 6.07) is 6.73. The van der Waals surface area contributed by atoms with Crippen LogP contribution in [0.25, 0.3) is 10.2 Å². The van der Waals surface area contributed by atoms with Gasteiger partial charge in [0.1, 0.15) is 5.82 Å². The molecule has 0 saturated heterocycles. The van der Waals surface area contributed by atoms with Crippen LogP contribution in [0.1, 0.15) is 23.2 Å². The molecule has 2 N–H and O–H groups in total. The fourth-order valence-corrected chi connectivity index (χ4v) is 3.85. The number of carbonyl (C=O) groups is 1. The fourth-order valence-electron chi connectivity index (χ4n) is 2.38. The predicted molar refractivity (Wildman–Crippen MR) is 109 cm³/mol. The lowest BCUT2D eigenvalue weighted by Crippen LogP contribution is -2.25. The highest BCUT2D eigenvalue weighted by Gasteiger charge is 2.10. The maximum absolute atomic E-state index is 12.1. The van der Waals surface area contributed by atoms with E-state index in [4.69, 9.17) is 34.8 Å². The van der Waals surface area contributed by atoms with E-state index in [1.54, 1.807) is 29.5 Å². The summed E-state index contributed by atoms with van der Waals surface area (Å²) in [5, 5.41) is 9.16. The second-order valence-electron chi connectivity index (χ2n) is 5.49. The third-order valence-corrected chi connectivity index (χ3v) is 5.26. The molecule has 0 spiro atoms. The van der Waals surface area contributed by atoms with Gasteiger partial charge in [0.15, 0.2) is 0 Å². The highest BCUT2D eigenvalue weighted by Crippen LogP contribution is 2.27. The summed E-state index contributed by atoms with van der Waals surface area (Å²) >= 11 is 19.4. The standard InChI is InChI=1S/C17H15Cl3N4OS/c18-10-3-4-11(12(19)9-10)16(25)22-7-2-1-6-21-15-14-13(5-8-26-14)23-17(20)24-15/h3-5,8-9H,1-2,6-7H2,(H,22,25)(H,21,23,24). The van der Waals surface area contributed by atoms with Crippen molar-refractivity contribution in [3.05, 3.63) is 50.5 Å². The Kier molecular flexibility index (Phi) is 6.53. The Morgan fingerprint density at radius 1 is 1.08 bits per heavy atom. The van der Waals surface area contributed by atoms with Crippen molar-refractivity contribution in [2.75, 3.05) is 18.4 Å². The molecule has 0 aliphatic carbocycles. The molecule has 1 amide bonds. The van der Waals surface area contributed by atoms with Crippen molar-refractivity contribution < 1.29 is 4.79 Å². The lowest BCUT2D eigenvalue weighted by atomic mass is 10.2. The number of amides is 1. The number of fused-ring (bicyclic) bond motifs is 1. The van der Waals surface area contributed by atoms with Crippen molar-refractivity contribution >= 4 is 68.1 Å². The van der Waals surface area contributed by atoms with Crippen molar-refractivity contribution in [1.29, 1.82) is 0 Å². The van der Waals surface area contributed by atoms with Crippen LogP contribution in [0.4, 0.5) is 5.82 Å². The molecule has 0 radical (unpaired) electrons. The number of hydrogen-bond acceptors (Lipinski definition) is 5. The number of nitrogens with one attached hydrogen (secondary N) is 2. The fraction of sp³-hybridized carbons (Fsp3) is 0.235. The first kappa shape index (κ1) is 19.2. The van der Waals surface area contributed by atoms with Crippen LogP contribution in [0.3, 0.4) is 0 Å². The first-order valence-electron chi connectivity index (χ1n) is 7.92. The lowest BCUT2D eigenvalue weighted by Gasteiger charge is -2.08. The number of anilines is 1. The monoisotopic (exact) mass is 428 g/mol. The van der Waals surface area contributed by atoms with E-state index in [1.165, 1.54) is 0 Å². The van der Waals surface area contributed by atoms with Gasteiger partial charge in [0.25, 0.3) is 5.91 Å². The van der Waals surface area contributed by atoms with Crippen LogP contribution < -0.4 is 10.6 Å². The molecule has 2 heterocycles. The van der Waals surface area contributed by atoms with Crippen molar-refractivity contribution in [2.24, 2.45) is 0 Å². The third-order valence-electron chi connectivity index (χ3n) is 3.63. The second kappa shape index (κ2) is 8.86. The molecule has 136 valence electrons. The molecule has 0 bridgehead atoms. The number of aromatic nitrogens is 2. The molecule has 1 aromatic carbocycles. The lowest BCUT2D eigenvalue weighted by molar-refractivity contribution is 0.0953. The topological polar surface area (TPSA) is 66.9 Å². The van der Waals surface area contributed by atoms with Crippen LogP contribution in [0.5, 0.6) is 0 Å². The van der Waals surface area contributed by atoms with Gasteiger partial charge in [-0.2, -0.15) is 4.98 Å². The van der Waals surface area contributed by atoms with Crippen molar-refractivity contribution in [3.63, 3.8) is 0 Å². The highest BCUT2D eigenvalue weighted by molar-refractivity contribution is 7.17. The third kappa shape index (κ3) is 4.76. The summed E-state index contributed by atoms with van der Waals surface area (Å²) in [6.07, 6.45) is 1.68. The van der Waals surface area contributed by atoms with E-state index in [0.717, 1.165) is 35.4 Å². The Hall–Kier alpha value is -1.60. The summed E-state index contributed by atoms with van der Waals surface area (Å²) in [4.78, 5) is 20.5. The smallest absolute Gasteiger partial charge is 0.252 e. The van der Waals surface area contributed by atoms with E-state index in [0.29, 0.717) is 22.2 Å². The van der Waals surface area contributed by atoms with E-state index in [-0.39, 0.29) is 11.2 Å². The largest absolute Gasteiger partial charge is 0.369 e. The number of thiophene rings is 1.